The van der Waals surface area contributed by atoms with E-state index in [1.165, 1.54) is 22.5 Å². The summed E-state index contributed by atoms with van der Waals surface area (Å²) in [6, 6.07) is 5.98. The Morgan fingerprint density at radius 2 is 2.11 bits per heavy atom. The SMILES string of the molecule is Cc1ccc(OCc2nnc3sc(N)nn23)cc1C. The molecule has 1 aromatic carbocycles. The van der Waals surface area contributed by atoms with Crippen LogP contribution in [0.5, 0.6) is 5.75 Å². The molecule has 0 fully saturated rings. The molecule has 0 saturated heterocycles. The summed E-state index contributed by atoms with van der Waals surface area (Å²) in [6.45, 7) is 4.44. The third-order valence-corrected chi connectivity index (χ3v) is 3.65. The Morgan fingerprint density at radius 1 is 1.26 bits per heavy atom. The zero-order valence-corrected chi connectivity index (χ0v) is 11.4. The molecule has 2 aromatic heterocycles. The van der Waals surface area contributed by atoms with E-state index in [0.29, 0.717) is 22.5 Å². The highest BCUT2D eigenvalue weighted by Crippen LogP contribution is 2.19. The lowest BCUT2D eigenvalue weighted by atomic mass is 10.1. The van der Waals surface area contributed by atoms with Crippen LogP contribution in [0.4, 0.5) is 5.13 Å². The van der Waals surface area contributed by atoms with Crippen molar-refractivity contribution < 1.29 is 4.74 Å². The number of hydrogen-bond donors (Lipinski definition) is 1. The molecule has 3 rings (SSSR count). The lowest BCUT2D eigenvalue weighted by Gasteiger charge is -2.06. The summed E-state index contributed by atoms with van der Waals surface area (Å²) < 4.78 is 7.32. The van der Waals surface area contributed by atoms with Gasteiger partial charge in [-0.15, -0.1) is 15.3 Å². The number of hydrogen-bond acceptors (Lipinski definition) is 6. The summed E-state index contributed by atoms with van der Waals surface area (Å²) >= 11 is 1.30. The zero-order valence-electron chi connectivity index (χ0n) is 10.6. The van der Waals surface area contributed by atoms with E-state index in [2.05, 4.69) is 29.1 Å². The molecule has 0 atom stereocenters. The molecule has 6 nitrogen and oxygen atoms in total. The van der Waals surface area contributed by atoms with E-state index in [4.69, 9.17) is 10.5 Å². The van der Waals surface area contributed by atoms with E-state index >= 15 is 0 Å². The number of fused-ring (bicyclic) bond motifs is 1. The largest absolute Gasteiger partial charge is 0.486 e. The number of rotatable bonds is 3. The first-order valence-corrected chi connectivity index (χ1v) is 6.62. The first-order chi connectivity index (χ1) is 9.13. The van der Waals surface area contributed by atoms with Gasteiger partial charge >= 0.3 is 0 Å². The summed E-state index contributed by atoms with van der Waals surface area (Å²) in [5.41, 5.74) is 8.06. The van der Waals surface area contributed by atoms with Gasteiger partial charge in [0.1, 0.15) is 12.4 Å². The summed E-state index contributed by atoms with van der Waals surface area (Å²) in [7, 11) is 0. The highest BCUT2D eigenvalue weighted by atomic mass is 32.1. The summed E-state index contributed by atoms with van der Waals surface area (Å²) in [6.07, 6.45) is 0. The Morgan fingerprint density at radius 3 is 2.89 bits per heavy atom. The van der Waals surface area contributed by atoms with Gasteiger partial charge in [-0.05, 0) is 37.1 Å². The zero-order chi connectivity index (χ0) is 13.4. The fourth-order valence-corrected chi connectivity index (χ4v) is 2.34. The Bertz CT molecular complexity index is 733. The Kier molecular flexibility index (Phi) is 2.83. The Labute approximate surface area is 113 Å². The van der Waals surface area contributed by atoms with Crippen LogP contribution >= 0.6 is 11.3 Å². The highest BCUT2D eigenvalue weighted by Gasteiger charge is 2.10. The number of aryl methyl sites for hydroxylation is 2. The van der Waals surface area contributed by atoms with Crippen molar-refractivity contribution in [3.63, 3.8) is 0 Å². The van der Waals surface area contributed by atoms with E-state index in [0.717, 1.165) is 5.75 Å². The minimum Gasteiger partial charge on any atom is -0.486 e. The second-order valence-electron chi connectivity index (χ2n) is 4.29. The first kappa shape index (κ1) is 11.9. The topological polar surface area (TPSA) is 78.3 Å². The van der Waals surface area contributed by atoms with Gasteiger partial charge in [-0.3, -0.25) is 0 Å². The third kappa shape index (κ3) is 2.24. The van der Waals surface area contributed by atoms with Crippen molar-refractivity contribution in [1.29, 1.82) is 0 Å². The summed E-state index contributed by atoms with van der Waals surface area (Å²) in [5, 5.41) is 12.6. The van der Waals surface area contributed by atoms with Gasteiger partial charge in [0.05, 0.1) is 0 Å². The van der Waals surface area contributed by atoms with Crippen LogP contribution in [0.3, 0.4) is 0 Å². The molecule has 0 amide bonds. The monoisotopic (exact) mass is 275 g/mol. The van der Waals surface area contributed by atoms with Gasteiger partial charge in [-0.1, -0.05) is 17.4 Å². The van der Waals surface area contributed by atoms with Gasteiger partial charge in [0, 0.05) is 0 Å². The normalized spacial score (nSPS) is 11.1. The highest BCUT2D eigenvalue weighted by molar-refractivity contribution is 7.20. The fraction of sp³-hybridized carbons (Fsp3) is 0.250. The molecule has 0 spiro atoms. The predicted molar refractivity (Wildman–Crippen MR) is 73.3 cm³/mol. The molecular weight excluding hydrogens is 262 g/mol. The van der Waals surface area contributed by atoms with Crippen molar-refractivity contribution in [2.24, 2.45) is 0 Å². The standard InChI is InChI=1S/C12H13N5OS/c1-7-3-4-9(5-8(7)2)18-6-10-14-15-12-17(10)16-11(13)19-12/h3-5H,6H2,1-2H3,(H2,13,16). The minimum absolute atomic E-state index is 0.312. The number of aromatic nitrogens is 4. The molecule has 0 radical (unpaired) electrons. The van der Waals surface area contributed by atoms with Crippen molar-refractivity contribution >= 4 is 21.4 Å². The molecule has 2 heterocycles. The molecule has 0 unspecified atom stereocenters. The predicted octanol–water partition coefficient (Wildman–Crippen LogP) is 1.96. The molecule has 0 saturated carbocycles. The smallest absolute Gasteiger partial charge is 0.236 e. The van der Waals surface area contributed by atoms with Gasteiger partial charge in [0.2, 0.25) is 10.1 Å². The average Bonchev–Trinajstić information content (AvgIpc) is 2.90. The van der Waals surface area contributed by atoms with Crippen molar-refractivity contribution in [2.45, 2.75) is 20.5 Å². The van der Waals surface area contributed by atoms with E-state index in [1.54, 1.807) is 4.52 Å². The van der Waals surface area contributed by atoms with Crippen LogP contribution in [0.2, 0.25) is 0 Å². The van der Waals surface area contributed by atoms with Gasteiger partial charge in [-0.25, -0.2) is 0 Å². The number of nitrogens with zero attached hydrogens (tertiary/aromatic N) is 4. The van der Waals surface area contributed by atoms with Crippen LogP contribution in [0.1, 0.15) is 17.0 Å². The molecule has 98 valence electrons. The first-order valence-electron chi connectivity index (χ1n) is 5.80. The second-order valence-corrected chi connectivity index (χ2v) is 5.27. The number of nitrogens with two attached hydrogens (primary N) is 1. The maximum Gasteiger partial charge on any atom is 0.236 e. The van der Waals surface area contributed by atoms with Crippen LogP contribution in [0.25, 0.3) is 4.96 Å². The second kappa shape index (κ2) is 4.51. The average molecular weight is 275 g/mol. The molecule has 0 aliphatic heterocycles. The Hall–Kier alpha value is -2.15. The van der Waals surface area contributed by atoms with E-state index in [-0.39, 0.29) is 0 Å². The molecule has 19 heavy (non-hydrogen) atoms. The van der Waals surface area contributed by atoms with Gasteiger partial charge in [-0.2, -0.15) is 4.52 Å². The molecule has 3 aromatic rings. The molecule has 2 N–H and O–H groups in total. The fourth-order valence-electron chi connectivity index (χ4n) is 1.71. The van der Waals surface area contributed by atoms with Gasteiger partial charge in [0.25, 0.3) is 0 Å². The number of anilines is 1. The van der Waals surface area contributed by atoms with Crippen LogP contribution in [0.15, 0.2) is 18.2 Å². The number of nitrogen functional groups attached to an aromatic ring is 1. The number of benzene rings is 1. The van der Waals surface area contributed by atoms with Crippen LogP contribution < -0.4 is 10.5 Å². The lowest BCUT2D eigenvalue weighted by Crippen LogP contribution is -2.03. The molecule has 7 heteroatoms. The molecule has 0 bridgehead atoms. The summed E-state index contributed by atoms with van der Waals surface area (Å²) in [4.78, 5) is 0.677. The van der Waals surface area contributed by atoms with E-state index in [1.807, 2.05) is 18.2 Å². The van der Waals surface area contributed by atoms with E-state index in [9.17, 15) is 0 Å². The third-order valence-electron chi connectivity index (χ3n) is 2.92. The van der Waals surface area contributed by atoms with Gasteiger partial charge < -0.3 is 10.5 Å². The van der Waals surface area contributed by atoms with Crippen molar-refractivity contribution in [2.75, 3.05) is 5.73 Å². The van der Waals surface area contributed by atoms with Crippen molar-refractivity contribution in [3.05, 3.63) is 35.2 Å². The number of ether oxygens (including phenoxy) is 1. The van der Waals surface area contributed by atoms with E-state index < -0.39 is 0 Å². The minimum atomic E-state index is 0.312. The van der Waals surface area contributed by atoms with Crippen molar-refractivity contribution in [3.8, 4) is 5.75 Å². The lowest BCUT2D eigenvalue weighted by molar-refractivity contribution is 0.292. The van der Waals surface area contributed by atoms with Crippen molar-refractivity contribution in [1.82, 2.24) is 19.8 Å². The molecule has 0 aliphatic rings. The molecule has 0 aliphatic carbocycles. The maximum atomic E-state index is 5.70. The molecular formula is C12H13N5OS. The van der Waals surface area contributed by atoms with Crippen LogP contribution in [0, 0.1) is 13.8 Å². The summed E-state index contributed by atoms with van der Waals surface area (Å²) in [5.74, 6) is 1.45. The maximum absolute atomic E-state index is 5.70. The van der Waals surface area contributed by atoms with Gasteiger partial charge in [0.15, 0.2) is 5.82 Å². The Balaban J connectivity index is 1.79. The van der Waals surface area contributed by atoms with Crippen LogP contribution in [-0.4, -0.2) is 19.8 Å². The van der Waals surface area contributed by atoms with Crippen LogP contribution in [-0.2, 0) is 6.61 Å². The quantitative estimate of drug-likeness (QED) is 0.790.